The van der Waals surface area contributed by atoms with Crippen LogP contribution in [-0.2, 0) is 18.9 Å². The summed E-state index contributed by atoms with van der Waals surface area (Å²) in [6, 6.07) is 1.73. The third-order valence-corrected chi connectivity index (χ3v) is 2.70. The van der Waals surface area contributed by atoms with Crippen molar-refractivity contribution in [3.8, 4) is 0 Å². The van der Waals surface area contributed by atoms with Crippen LogP contribution >= 0.6 is 11.3 Å². The van der Waals surface area contributed by atoms with Crippen molar-refractivity contribution in [3.05, 3.63) is 22.4 Å². The van der Waals surface area contributed by atoms with Gasteiger partial charge in [-0.1, -0.05) is 0 Å². The molecule has 0 aromatic carbocycles. The number of hydrogen-bond acceptors (Lipinski definition) is 6. The quantitative estimate of drug-likeness (QED) is 0.479. The van der Waals surface area contributed by atoms with Crippen LogP contribution in [0.5, 0.6) is 0 Å². The summed E-state index contributed by atoms with van der Waals surface area (Å²) >= 11 is 1.47. The molecule has 102 valence electrons. The fourth-order valence-electron chi connectivity index (χ4n) is 1.12. The van der Waals surface area contributed by atoms with Gasteiger partial charge in [0.15, 0.2) is 0 Å². The molecule has 0 spiro atoms. The second-order valence-electron chi connectivity index (χ2n) is 3.37. The molecule has 1 aromatic rings. The van der Waals surface area contributed by atoms with Gasteiger partial charge in [0.25, 0.3) is 0 Å². The molecule has 18 heavy (non-hydrogen) atoms. The van der Waals surface area contributed by atoms with E-state index >= 15 is 0 Å². The van der Waals surface area contributed by atoms with Gasteiger partial charge in [0.1, 0.15) is 6.61 Å². The summed E-state index contributed by atoms with van der Waals surface area (Å²) in [6.07, 6.45) is 0. The molecular weight excluding hydrogens is 256 g/mol. The number of rotatable bonds is 10. The average molecular weight is 274 g/mol. The molecule has 0 amide bonds. The Morgan fingerprint density at radius 2 is 1.78 bits per heavy atom. The van der Waals surface area contributed by atoms with Crippen LogP contribution in [0.4, 0.5) is 0 Å². The van der Waals surface area contributed by atoms with Crippen molar-refractivity contribution in [2.24, 2.45) is 0 Å². The highest BCUT2D eigenvalue weighted by Crippen LogP contribution is 2.07. The van der Waals surface area contributed by atoms with Gasteiger partial charge >= 0.3 is 5.97 Å². The number of carbonyl (C=O) groups is 1. The van der Waals surface area contributed by atoms with E-state index in [0.717, 1.165) is 0 Å². The van der Waals surface area contributed by atoms with Crippen LogP contribution < -0.4 is 0 Å². The van der Waals surface area contributed by atoms with E-state index < -0.39 is 0 Å². The first kappa shape index (κ1) is 15.1. The summed E-state index contributed by atoms with van der Waals surface area (Å²) in [5, 5.41) is 3.59. The largest absolute Gasteiger partial charge is 0.460 e. The third-order valence-electron chi connectivity index (χ3n) is 2.02. The Morgan fingerprint density at radius 3 is 2.39 bits per heavy atom. The first-order valence-electron chi connectivity index (χ1n) is 5.68. The number of methoxy groups -OCH3 is 1. The van der Waals surface area contributed by atoms with E-state index in [1.54, 1.807) is 18.6 Å². The molecule has 1 rings (SSSR count). The zero-order valence-electron chi connectivity index (χ0n) is 10.4. The van der Waals surface area contributed by atoms with Gasteiger partial charge in [0.2, 0.25) is 0 Å². The number of ether oxygens (including phenoxy) is 4. The minimum atomic E-state index is -0.309. The molecule has 0 saturated carbocycles. The van der Waals surface area contributed by atoms with E-state index in [1.165, 1.54) is 11.3 Å². The van der Waals surface area contributed by atoms with Gasteiger partial charge in [-0.3, -0.25) is 0 Å². The minimum absolute atomic E-state index is 0.257. The van der Waals surface area contributed by atoms with E-state index in [4.69, 9.17) is 18.9 Å². The zero-order chi connectivity index (χ0) is 13.1. The maximum absolute atomic E-state index is 11.4. The Hall–Kier alpha value is -0.950. The predicted molar refractivity (Wildman–Crippen MR) is 68.1 cm³/mol. The van der Waals surface area contributed by atoms with Crippen LogP contribution in [0.3, 0.4) is 0 Å². The highest BCUT2D eigenvalue weighted by molar-refractivity contribution is 7.08. The smallest absolute Gasteiger partial charge is 0.339 e. The second kappa shape index (κ2) is 10.0. The maximum atomic E-state index is 11.4. The third kappa shape index (κ3) is 6.70. The van der Waals surface area contributed by atoms with Gasteiger partial charge in [-0.25, -0.2) is 4.79 Å². The van der Waals surface area contributed by atoms with Crippen LogP contribution in [0.25, 0.3) is 0 Å². The summed E-state index contributed by atoms with van der Waals surface area (Å²) in [5.74, 6) is -0.309. The lowest BCUT2D eigenvalue weighted by molar-refractivity contribution is 0.00572. The standard InChI is InChI=1S/C12H18O5S/c1-14-3-4-15-5-6-16-7-8-17-12(13)11-2-9-18-10-11/h2,9-10H,3-8H2,1H3. The van der Waals surface area contributed by atoms with Crippen molar-refractivity contribution in [1.29, 1.82) is 0 Å². The lowest BCUT2D eigenvalue weighted by atomic mass is 10.3. The number of hydrogen-bond donors (Lipinski definition) is 0. The molecule has 0 radical (unpaired) electrons. The summed E-state index contributed by atoms with van der Waals surface area (Å²) in [6.45, 7) is 2.78. The zero-order valence-corrected chi connectivity index (χ0v) is 11.2. The molecular formula is C12H18O5S. The predicted octanol–water partition coefficient (Wildman–Crippen LogP) is 1.58. The number of carbonyl (C=O) groups excluding carboxylic acids is 1. The summed E-state index contributed by atoms with van der Waals surface area (Å²) < 4.78 is 20.3. The van der Waals surface area contributed by atoms with Crippen molar-refractivity contribution < 1.29 is 23.7 Å². The van der Waals surface area contributed by atoms with Crippen molar-refractivity contribution in [3.63, 3.8) is 0 Å². The lowest BCUT2D eigenvalue weighted by Crippen LogP contribution is -2.13. The van der Waals surface area contributed by atoms with E-state index in [0.29, 0.717) is 38.6 Å². The summed E-state index contributed by atoms with van der Waals surface area (Å²) in [7, 11) is 1.63. The van der Waals surface area contributed by atoms with Gasteiger partial charge in [-0.2, -0.15) is 11.3 Å². The van der Waals surface area contributed by atoms with Crippen LogP contribution in [-0.4, -0.2) is 52.7 Å². The molecule has 0 saturated heterocycles. The van der Waals surface area contributed by atoms with E-state index in [9.17, 15) is 4.79 Å². The van der Waals surface area contributed by atoms with Gasteiger partial charge in [-0.05, 0) is 11.4 Å². The first-order chi connectivity index (χ1) is 8.84. The molecule has 0 fully saturated rings. The fraction of sp³-hybridized carbons (Fsp3) is 0.583. The topological polar surface area (TPSA) is 54.0 Å². The molecule has 1 heterocycles. The van der Waals surface area contributed by atoms with Crippen LogP contribution in [0, 0.1) is 0 Å². The number of thiophene rings is 1. The molecule has 5 nitrogen and oxygen atoms in total. The fourth-order valence-corrected chi connectivity index (χ4v) is 1.75. The normalized spacial score (nSPS) is 10.5. The maximum Gasteiger partial charge on any atom is 0.339 e. The van der Waals surface area contributed by atoms with Crippen LogP contribution in [0.1, 0.15) is 10.4 Å². The Morgan fingerprint density at radius 1 is 1.11 bits per heavy atom. The van der Waals surface area contributed by atoms with Crippen molar-refractivity contribution >= 4 is 17.3 Å². The molecule has 0 N–H and O–H groups in total. The summed E-state index contributed by atoms with van der Waals surface area (Å²) in [5.41, 5.74) is 0.586. The lowest BCUT2D eigenvalue weighted by Gasteiger charge is -2.06. The number of esters is 1. The van der Waals surface area contributed by atoms with Crippen molar-refractivity contribution in [2.75, 3.05) is 46.8 Å². The second-order valence-corrected chi connectivity index (χ2v) is 4.15. The van der Waals surface area contributed by atoms with Crippen LogP contribution in [0.15, 0.2) is 16.8 Å². The van der Waals surface area contributed by atoms with Crippen molar-refractivity contribution in [1.82, 2.24) is 0 Å². The Bertz CT molecular complexity index is 312. The molecule has 0 aliphatic heterocycles. The highest BCUT2D eigenvalue weighted by atomic mass is 32.1. The molecule has 6 heteroatoms. The Labute approximate surface area is 111 Å². The Kier molecular flexibility index (Phi) is 8.41. The van der Waals surface area contributed by atoms with Crippen molar-refractivity contribution in [2.45, 2.75) is 0 Å². The van der Waals surface area contributed by atoms with Gasteiger partial charge in [0.05, 0.1) is 38.6 Å². The Balaban J connectivity index is 1.88. The van der Waals surface area contributed by atoms with Gasteiger partial charge in [-0.15, -0.1) is 0 Å². The first-order valence-corrected chi connectivity index (χ1v) is 6.62. The van der Waals surface area contributed by atoms with Crippen LogP contribution in [0.2, 0.25) is 0 Å². The monoisotopic (exact) mass is 274 g/mol. The molecule has 0 bridgehead atoms. The molecule has 0 aliphatic carbocycles. The molecule has 0 aliphatic rings. The average Bonchev–Trinajstić information content (AvgIpc) is 2.90. The van der Waals surface area contributed by atoms with Gasteiger partial charge in [0, 0.05) is 12.5 Å². The summed E-state index contributed by atoms with van der Waals surface area (Å²) in [4.78, 5) is 11.4. The molecule has 0 atom stereocenters. The SMILES string of the molecule is COCCOCCOCCOC(=O)c1ccsc1. The van der Waals surface area contributed by atoms with E-state index in [1.807, 2.05) is 5.38 Å². The van der Waals surface area contributed by atoms with E-state index in [-0.39, 0.29) is 12.6 Å². The highest BCUT2D eigenvalue weighted by Gasteiger charge is 2.06. The minimum Gasteiger partial charge on any atom is -0.460 e. The molecule has 0 unspecified atom stereocenters. The van der Waals surface area contributed by atoms with Gasteiger partial charge < -0.3 is 18.9 Å². The van der Waals surface area contributed by atoms with E-state index in [2.05, 4.69) is 0 Å². The molecule has 1 aromatic heterocycles.